The highest BCUT2D eigenvalue weighted by atomic mass is 16.5. The molecule has 0 unspecified atom stereocenters. The lowest BCUT2D eigenvalue weighted by molar-refractivity contribution is -0.145. The first-order valence-electron chi connectivity index (χ1n) is 6.85. The molecular weight excluding hydrogens is 270 g/mol. The largest absolute Gasteiger partial charge is 0.469 e. The summed E-state index contributed by atoms with van der Waals surface area (Å²) in [7, 11) is 1.42. The summed E-state index contributed by atoms with van der Waals surface area (Å²) in [5.41, 5.74) is 2.42. The van der Waals surface area contributed by atoms with Crippen molar-refractivity contribution in [3.05, 3.63) is 24.2 Å². The maximum absolute atomic E-state index is 11.7. The van der Waals surface area contributed by atoms with Crippen LogP contribution in [-0.2, 0) is 9.53 Å². The fourth-order valence-corrected chi connectivity index (χ4v) is 2.59. The molecule has 0 bridgehead atoms. The van der Waals surface area contributed by atoms with E-state index in [0.717, 1.165) is 11.2 Å². The molecule has 7 nitrogen and oxygen atoms in total. The average Bonchev–Trinajstić information content (AvgIpc) is 2.89. The van der Waals surface area contributed by atoms with Gasteiger partial charge >= 0.3 is 5.97 Å². The van der Waals surface area contributed by atoms with E-state index < -0.39 is 0 Å². The Hall–Kier alpha value is -2.44. The summed E-state index contributed by atoms with van der Waals surface area (Å²) in [6, 6.07) is 0.0259. The Kier molecular flexibility index (Phi) is 3.55. The Morgan fingerprint density at radius 1 is 1.43 bits per heavy atom. The van der Waals surface area contributed by atoms with Gasteiger partial charge in [0, 0.05) is 6.04 Å². The molecule has 2 heterocycles. The van der Waals surface area contributed by atoms with Crippen LogP contribution >= 0.6 is 0 Å². The molecule has 0 aliphatic heterocycles. The highest BCUT2D eigenvalue weighted by Gasteiger charge is 2.25. The second-order valence-corrected chi connectivity index (χ2v) is 5.14. The number of carbonyl (C=O) groups is 1. The van der Waals surface area contributed by atoms with Gasteiger partial charge in [-0.2, -0.15) is 5.10 Å². The van der Waals surface area contributed by atoms with Gasteiger partial charge in [-0.25, -0.2) is 9.97 Å². The van der Waals surface area contributed by atoms with Crippen molar-refractivity contribution in [3.63, 3.8) is 0 Å². The highest BCUT2D eigenvalue weighted by Crippen LogP contribution is 2.25. The van der Waals surface area contributed by atoms with Crippen LogP contribution in [0.25, 0.3) is 11.0 Å². The van der Waals surface area contributed by atoms with Crippen molar-refractivity contribution >= 4 is 22.8 Å². The number of methoxy groups -OCH3 is 1. The van der Waals surface area contributed by atoms with E-state index in [1.54, 1.807) is 0 Å². The summed E-state index contributed by atoms with van der Waals surface area (Å²) in [5.74, 6) is 0.384. The number of rotatable bonds is 3. The maximum atomic E-state index is 11.7. The molecule has 2 atom stereocenters. The topological polar surface area (TPSA) is 92.8 Å². The zero-order valence-electron chi connectivity index (χ0n) is 12.0. The number of hydrogen-bond acceptors (Lipinski definition) is 6. The van der Waals surface area contributed by atoms with Gasteiger partial charge in [-0.3, -0.25) is 9.89 Å². The number of carbonyl (C=O) groups excluding carboxylic acids is 1. The van der Waals surface area contributed by atoms with Crippen LogP contribution in [-0.4, -0.2) is 39.3 Å². The lowest BCUT2D eigenvalue weighted by Gasteiger charge is -2.24. The Morgan fingerprint density at radius 3 is 3.10 bits per heavy atom. The van der Waals surface area contributed by atoms with E-state index in [9.17, 15) is 4.79 Å². The molecule has 1 aliphatic carbocycles. The van der Waals surface area contributed by atoms with Crippen LogP contribution in [0.15, 0.2) is 18.5 Å². The molecule has 0 aromatic carbocycles. The fraction of sp³-hybridized carbons (Fsp3) is 0.429. The van der Waals surface area contributed by atoms with Crippen molar-refractivity contribution in [2.75, 3.05) is 12.4 Å². The molecule has 0 saturated heterocycles. The molecule has 1 aliphatic rings. The number of fused-ring (bicyclic) bond motifs is 1. The molecule has 21 heavy (non-hydrogen) atoms. The minimum atomic E-state index is -0.172. The molecule has 0 radical (unpaired) electrons. The number of allylic oxidation sites excluding steroid dienone is 1. The fourth-order valence-electron chi connectivity index (χ4n) is 2.59. The van der Waals surface area contributed by atoms with E-state index in [1.807, 2.05) is 19.1 Å². The molecule has 0 amide bonds. The maximum Gasteiger partial charge on any atom is 0.309 e. The molecule has 2 aromatic rings. The van der Waals surface area contributed by atoms with Crippen LogP contribution < -0.4 is 5.32 Å². The smallest absolute Gasteiger partial charge is 0.309 e. The summed E-state index contributed by atoms with van der Waals surface area (Å²) < 4.78 is 4.82. The number of aromatic amines is 1. The molecule has 110 valence electrons. The number of aromatic nitrogens is 4. The minimum Gasteiger partial charge on any atom is -0.469 e. The van der Waals surface area contributed by atoms with Gasteiger partial charge in [0.25, 0.3) is 0 Å². The van der Waals surface area contributed by atoms with Crippen LogP contribution in [0.3, 0.4) is 0 Å². The van der Waals surface area contributed by atoms with Crippen LogP contribution in [0.4, 0.5) is 5.82 Å². The van der Waals surface area contributed by atoms with E-state index in [2.05, 4.69) is 25.5 Å². The molecule has 2 aromatic heterocycles. The normalized spacial score (nSPS) is 21.4. The van der Waals surface area contributed by atoms with Crippen molar-refractivity contribution < 1.29 is 9.53 Å². The molecule has 2 N–H and O–H groups in total. The van der Waals surface area contributed by atoms with Crippen molar-refractivity contribution in [1.29, 1.82) is 0 Å². The molecule has 7 heteroatoms. The van der Waals surface area contributed by atoms with Gasteiger partial charge in [-0.15, -0.1) is 0 Å². The number of H-pyrrole nitrogens is 1. The lowest BCUT2D eigenvalue weighted by atomic mass is 9.91. The third-order valence-electron chi connectivity index (χ3n) is 3.70. The predicted molar refractivity (Wildman–Crippen MR) is 77.7 cm³/mol. The summed E-state index contributed by atoms with van der Waals surface area (Å²) in [6.45, 7) is 1.92. The number of hydrogen-bond donors (Lipinski definition) is 2. The van der Waals surface area contributed by atoms with E-state index in [0.29, 0.717) is 24.2 Å². The van der Waals surface area contributed by atoms with Crippen molar-refractivity contribution in [2.45, 2.75) is 25.8 Å². The van der Waals surface area contributed by atoms with Crippen molar-refractivity contribution in [2.24, 2.45) is 5.92 Å². The van der Waals surface area contributed by atoms with Gasteiger partial charge in [0.05, 0.1) is 18.7 Å². The monoisotopic (exact) mass is 287 g/mol. The standard InChI is InChI=1S/C14H17N5O2/c1-8-11-12(19-18-8)13(16-7-15-11)17-10-5-3-4-9(6-10)14(20)21-2/h3,5,7,9-10H,4,6H2,1-2H3,(H,18,19)(H,15,16,17)/t9-,10-/m1/s1. The third-order valence-corrected chi connectivity index (χ3v) is 3.70. The molecule has 0 spiro atoms. The number of nitrogens with zero attached hydrogens (tertiary/aromatic N) is 3. The van der Waals surface area contributed by atoms with Crippen molar-refractivity contribution in [3.8, 4) is 0 Å². The van der Waals surface area contributed by atoms with Crippen LogP contribution in [0.1, 0.15) is 18.5 Å². The van der Waals surface area contributed by atoms with Crippen LogP contribution in [0, 0.1) is 12.8 Å². The number of ether oxygens (including phenoxy) is 1. The second kappa shape index (κ2) is 5.51. The summed E-state index contributed by atoms with van der Waals surface area (Å²) in [6.07, 6.45) is 6.95. The summed E-state index contributed by atoms with van der Waals surface area (Å²) >= 11 is 0. The van der Waals surface area contributed by atoms with Gasteiger partial charge in [-0.05, 0) is 19.8 Å². The Labute approximate surface area is 121 Å². The van der Waals surface area contributed by atoms with Crippen LogP contribution in [0.2, 0.25) is 0 Å². The zero-order chi connectivity index (χ0) is 14.8. The van der Waals surface area contributed by atoms with Gasteiger partial charge < -0.3 is 10.1 Å². The first kappa shape index (κ1) is 13.5. The number of nitrogens with one attached hydrogen (secondary N) is 2. The molecule has 0 saturated carbocycles. The first-order valence-corrected chi connectivity index (χ1v) is 6.85. The predicted octanol–water partition coefficient (Wildman–Crippen LogP) is 1.58. The first-order chi connectivity index (χ1) is 10.2. The molecule has 0 fully saturated rings. The minimum absolute atomic E-state index is 0.0259. The number of anilines is 1. The number of esters is 1. The van der Waals surface area contributed by atoms with Crippen molar-refractivity contribution in [1.82, 2.24) is 20.2 Å². The highest BCUT2D eigenvalue weighted by molar-refractivity contribution is 5.86. The van der Waals surface area contributed by atoms with Gasteiger partial charge in [0.2, 0.25) is 0 Å². The second-order valence-electron chi connectivity index (χ2n) is 5.14. The molecule has 3 rings (SSSR count). The lowest BCUT2D eigenvalue weighted by Crippen LogP contribution is -2.29. The van der Waals surface area contributed by atoms with E-state index >= 15 is 0 Å². The third kappa shape index (κ3) is 2.58. The van der Waals surface area contributed by atoms with E-state index in [4.69, 9.17) is 4.74 Å². The van der Waals surface area contributed by atoms with Crippen LogP contribution in [0.5, 0.6) is 0 Å². The Balaban J connectivity index is 1.81. The zero-order valence-corrected chi connectivity index (χ0v) is 12.0. The van der Waals surface area contributed by atoms with Gasteiger partial charge in [0.15, 0.2) is 11.3 Å². The Morgan fingerprint density at radius 2 is 2.29 bits per heavy atom. The molecular formula is C14H17N5O2. The Bertz CT molecular complexity index is 694. The summed E-state index contributed by atoms with van der Waals surface area (Å²) in [5, 5.41) is 10.4. The SMILES string of the molecule is COC(=O)[C@@H]1CC=C[C@@H](Nc2ncnc3c(C)[nH]nc23)C1. The average molecular weight is 287 g/mol. The van der Waals surface area contributed by atoms with E-state index in [1.165, 1.54) is 13.4 Å². The van der Waals surface area contributed by atoms with Gasteiger partial charge in [-0.1, -0.05) is 12.2 Å². The van der Waals surface area contributed by atoms with Gasteiger partial charge in [0.1, 0.15) is 11.8 Å². The summed E-state index contributed by atoms with van der Waals surface area (Å²) in [4.78, 5) is 20.1. The number of aryl methyl sites for hydroxylation is 1. The quantitative estimate of drug-likeness (QED) is 0.657. The van der Waals surface area contributed by atoms with E-state index in [-0.39, 0.29) is 17.9 Å².